The lowest BCUT2D eigenvalue weighted by Gasteiger charge is -2.23. The molecule has 0 spiro atoms. The molecule has 0 amide bonds. The number of benzene rings is 2. The van der Waals surface area contributed by atoms with Crippen LogP contribution in [0.3, 0.4) is 0 Å². The van der Waals surface area contributed by atoms with Crippen molar-refractivity contribution in [3.05, 3.63) is 90.7 Å². The van der Waals surface area contributed by atoms with Crippen molar-refractivity contribution >= 4 is 63.7 Å². The van der Waals surface area contributed by atoms with Crippen LogP contribution < -0.4 is 0 Å². The highest BCUT2D eigenvalue weighted by Gasteiger charge is 2.20. The van der Waals surface area contributed by atoms with Crippen molar-refractivity contribution in [1.82, 2.24) is 0 Å². The summed E-state index contributed by atoms with van der Waals surface area (Å²) in [5.74, 6) is 0. The van der Waals surface area contributed by atoms with Crippen LogP contribution in [0.5, 0.6) is 0 Å². The molecule has 0 saturated carbocycles. The summed E-state index contributed by atoms with van der Waals surface area (Å²) in [7, 11) is 0. The van der Waals surface area contributed by atoms with Crippen LogP contribution in [0.1, 0.15) is 11.1 Å². The summed E-state index contributed by atoms with van der Waals surface area (Å²) >= 11 is 13.7. The normalized spacial score (nSPS) is 12.9. The topological polar surface area (TPSA) is 18.5 Å². The summed E-state index contributed by atoms with van der Waals surface area (Å²) < 4.78 is 13.9. The molecule has 0 unspecified atom stereocenters. The van der Waals surface area contributed by atoms with Crippen molar-refractivity contribution in [2.75, 3.05) is 0 Å². The Hall–Kier alpha value is -0.240. The highest BCUT2D eigenvalue weighted by molar-refractivity contribution is 9.28. The lowest BCUT2D eigenvalue weighted by Crippen LogP contribution is -2.28. The monoisotopic (exact) mass is 606 g/mol. The fourth-order valence-corrected chi connectivity index (χ4v) is 3.30. The van der Waals surface area contributed by atoms with Gasteiger partial charge in [0.05, 0.1) is 20.0 Å². The van der Waals surface area contributed by atoms with Crippen molar-refractivity contribution < 1.29 is 9.47 Å². The lowest BCUT2D eigenvalue weighted by molar-refractivity contribution is -0.0420. The van der Waals surface area contributed by atoms with Crippen LogP contribution in [0.25, 0.3) is 0 Å². The van der Waals surface area contributed by atoms with Gasteiger partial charge in [-0.3, -0.25) is 0 Å². The average molecular weight is 610 g/mol. The maximum absolute atomic E-state index is 6.14. The molecule has 2 aromatic carbocycles. The first kappa shape index (κ1) is 22.1. The van der Waals surface area contributed by atoms with Gasteiger partial charge in [0.15, 0.2) is 0 Å². The molecule has 0 radical (unpaired) electrons. The van der Waals surface area contributed by atoms with Gasteiger partial charge in [-0.25, -0.2) is 0 Å². The Morgan fingerprint density at radius 2 is 1.00 bits per heavy atom. The summed E-state index contributed by atoms with van der Waals surface area (Å²) in [6.45, 7) is 0.989. The van der Waals surface area contributed by atoms with E-state index in [1.165, 1.54) is 0 Å². The fourth-order valence-electron chi connectivity index (χ4n) is 2.26. The van der Waals surface area contributed by atoms with Crippen LogP contribution in [0.4, 0.5) is 0 Å². The van der Waals surface area contributed by atoms with Gasteiger partial charge < -0.3 is 9.47 Å². The number of ether oxygens (including phenoxy) is 2. The summed E-state index contributed by atoms with van der Waals surface area (Å²) in [5.41, 5.74) is 2.22. The molecule has 2 atom stereocenters. The maximum atomic E-state index is 6.14. The molecule has 26 heavy (non-hydrogen) atoms. The van der Waals surface area contributed by atoms with Crippen LogP contribution in [-0.2, 0) is 22.7 Å². The second-order valence-electron chi connectivity index (χ2n) is 5.44. The maximum Gasteiger partial charge on any atom is 0.108 e. The van der Waals surface area contributed by atoms with Gasteiger partial charge in [-0.1, -0.05) is 60.7 Å². The third-order valence-corrected chi connectivity index (χ3v) is 4.53. The Bertz CT molecular complexity index is 646. The average Bonchev–Trinajstić information content (AvgIpc) is 2.63. The quantitative estimate of drug-likeness (QED) is 0.295. The second kappa shape index (κ2) is 12.3. The van der Waals surface area contributed by atoms with Crippen molar-refractivity contribution in [3.8, 4) is 0 Å². The van der Waals surface area contributed by atoms with Gasteiger partial charge in [0.2, 0.25) is 0 Å². The van der Waals surface area contributed by atoms with Crippen LogP contribution in [0.15, 0.2) is 79.6 Å². The molecule has 6 heteroatoms. The van der Waals surface area contributed by atoms with Crippen LogP contribution in [-0.4, -0.2) is 12.2 Å². The van der Waals surface area contributed by atoms with E-state index >= 15 is 0 Å². The van der Waals surface area contributed by atoms with Gasteiger partial charge in [-0.2, -0.15) is 0 Å². The Labute approximate surface area is 188 Å². The second-order valence-corrected chi connectivity index (χ2v) is 11.0. The molecular weight excluding hydrogens is 592 g/mol. The number of hydrogen-bond acceptors (Lipinski definition) is 2. The minimum Gasteiger partial charge on any atom is -0.366 e. The van der Waals surface area contributed by atoms with E-state index in [2.05, 4.69) is 63.7 Å². The zero-order valence-electron chi connectivity index (χ0n) is 13.8. The SMILES string of the molecule is BrC(Br)=C[C@H](OCc1ccccc1)[C@H](C=C(Br)Br)OCc1ccccc1. The first-order valence-corrected chi connectivity index (χ1v) is 11.1. The highest BCUT2D eigenvalue weighted by atomic mass is 79.9. The first-order valence-electron chi connectivity index (χ1n) is 7.91. The molecule has 0 aliphatic rings. The smallest absolute Gasteiger partial charge is 0.108 e. The van der Waals surface area contributed by atoms with Gasteiger partial charge in [0.1, 0.15) is 12.2 Å². The van der Waals surface area contributed by atoms with Crippen molar-refractivity contribution in [1.29, 1.82) is 0 Å². The number of rotatable bonds is 9. The molecule has 2 aromatic rings. The highest BCUT2D eigenvalue weighted by Crippen LogP contribution is 2.24. The van der Waals surface area contributed by atoms with Crippen molar-refractivity contribution in [3.63, 3.8) is 0 Å². The molecule has 138 valence electrons. The molecule has 0 aliphatic heterocycles. The molecular formula is C20H18Br4O2. The molecule has 0 aliphatic carbocycles. The summed E-state index contributed by atoms with van der Waals surface area (Å²) in [4.78, 5) is 0. The molecule has 0 bridgehead atoms. The third-order valence-electron chi connectivity index (χ3n) is 3.47. The predicted octanol–water partition coefficient (Wildman–Crippen LogP) is 7.42. The minimum atomic E-state index is -0.280. The van der Waals surface area contributed by atoms with Crippen molar-refractivity contribution in [2.24, 2.45) is 0 Å². The summed E-state index contributed by atoms with van der Waals surface area (Å²) in [5, 5.41) is 0. The lowest BCUT2D eigenvalue weighted by atomic mass is 10.2. The van der Waals surface area contributed by atoms with Crippen LogP contribution >= 0.6 is 63.7 Å². The Morgan fingerprint density at radius 1 is 0.654 bits per heavy atom. The number of hydrogen-bond donors (Lipinski definition) is 0. The Kier molecular flexibility index (Phi) is 10.4. The summed E-state index contributed by atoms with van der Waals surface area (Å²) in [6.07, 6.45) is 3.33. The fraction of sp³-hybridized carbons (Fsp3) is 0.200. The van der Waals surface area contributed by atoms with E-state index in [1.54, 1.807) is 0 Å². The van der Waals surface area contributed by atoms with Gasteiger partial charge in [-0.15, -0.1) is 0 Å². The van der Waals surface area contributed by atoms with Gasteiger partial charge in [0.25, 0.3) is 0 Å². The molecule has 0 heterocycles. The van der Waals surface area contributed by atoms with Gasteiger partial charge in [-0.05, 0) is 87.0 Å². The van der Waals surface area contributed by atoms with Gasteiger partial charge >= 0.3 is 0 Å². The molecule has 0 aromatic heterocycles. The standard InChI is InChI=1S/C20H18Br4O2/c21-19(22)11-17(25-13-15-7-3-1-4-8-15)18(12-20(23)24)26-14-16-9-5-2-6-10-16/h1-12,17-18H,13-14H2/t17-,18-/m0/s1. The van der Waals surface area contributed by atoms with Crippen molar-refractivity contribution in [2.45, 2.75) is 25.4 Å². The van der Waals surface area contributed by atoms with E-state index in [1.807, 2.05) is 72.8 Å². The zero-order chi connectivity index (χ0) is 18.8. The van der Waals surface area contributed by atoms with E-state index in [0.717, 1.165) is 17.9 Å². The Balaban J connectivity index is 2.12. The first-order chi connectivity index (χ1) is 12.5. The molecule has 2 rings (SSSR count). The van der Waals surface area contributed by atoms with E-state index in [-0.39, 0.29) is 12.2 Å². The van der Waals surface area contributed by atoms with E-state index in [0.29, 0.717) is 13.2 Å². The van der Waals surface area contributed by atoms with E-state index in [4.69, 9.17) is 9.47 Å². The predicted molar refractivity (Wildman–Crippen MR) is 122 cm³/mol. The van der Waals surface area contributed by atoms with Crippen LogP contribution in [0.2, 0.25) is 0 Å². The third kappa shape index (κ3) is 8.63. The summed E-state index contributed by atoms with van der Waals surface area (Å²) in [6, 6.07) is 20.2. The zero-order valence-corrected chi connectivity index (χ0v) is 20.2. The molecule has 2 nitrogen and oxygen atoms in total. The Morgan fingerprint density at radius 3 is 1.31 bits per heavy atom. The number of halogens is 4. The van der Waals surface area contributed by atoms with E-state index < -0.39 is 0 Å². The largest absolute Gasteiger partial charge is 0.366 e. The molecule has 0 N–H and O–H groups in total. The van der Waals surface area contributed by atoms with Gasteiger partial charge in [0, 0.05) is 0 Å². The molecule has 0 saturated heterocycles. The minimum absolute atomic E-state index is 0.280. The molecule has 0 fully saturated rings. The van der Waals surface area contributed by atoms with Crippen LogP contribution in [0, 0.1) is 0 Å². The van der Waals surface area contributed by atoms with E-state index in [9.17, 15) is 0 Å².